The van der Waals surface area contributed by atoms with Gasteiger partial charge < -0.3 is 10.1 Å². The van der Waals surface area contributed by atoms with Gasteiger partial charge in [0.1, 0.15) is 5.01 Å². The van der Waals surface area contributed by atoms with Crippen LogP contribution in [0.1, 0.15) is 48.3 Å². The normalized spacial score (nSPS) is 19.4. The molecule has 0 saturated carbocycles. The fraction of sp³-hybridized carbons (Fsp3) is 0.786. The Kier molecular flexibility index (Phi) is 4.76. The van der Waals surface area contributed by atoms with E-state index in [-0.39, 0.29) is 0 Å². The summed E-state index contributed by atoms with van der Waals surface area (Å²) >= 11 is 1.84. The first-order valence-electron chi connectivity index (χ1n) is 6.85. The molecule has 0 amide bonds. The Balaban J connectivity index is 2.17. The summed E-state index contributed by atoms with van der Waals surface area (Å²) < 4.78 is 5.47. The van der Waals surface area contributed by atoms with Crippen LogP contribution in [0.5, 0.6) is 0 Å². The molecule has 1 aliphatic rings. The Morgan fingerprint density at radius 3 is 2.44 bits per heavy atom. The van der Waals surface area contributed by atoms with Gasteiger partial charge in [-0.1, -0.05) is 13.8 Å². The zero-order valence-corrected chi connectivity index (χ0v) is 12.6. The Hall–Kier alpha value is -0.450. The summed E-state index contributed by atoms with van der Waals surface area (Å²) in [5, 5.41) is 4.95. The second-order valence-corrected chi connectivity index (χ2v) is 6.68. The van der Waals surface area contributed by atoms with Gasteiger partial charge in [0.05, 0.1) is 11.7 Å². The zero-order chi connectivity index (χ0) is 13.1. The van der Waals surface area contributed by atoms with E-state index in [1.807, 2.05) is 11.3 Å². The van der Waals surface area contributed by atoms with Crippen molar-refractivity contribution in [3.8, 4) is 0 Å². The molecule has 2 heterocycles. The monoisotopic (exact) mass is 268 g/mol. The lowest BCUT2D eigenvalue weighted by molar-refractivity contribution is 0.0524. The first-order chi connectivity index (χ1) is 8.58. The molecule has 1 aromatic rings. The average molecular weight is 268 g/mol. The molecule has 0 aliphatic carbocycles. The summed E-state index contributed by atoms with van der Waals surface area (Å²) in [4.78, 5) is 6.09. The lowest BCUT2D eigenvalue weighted by Crippen LogP contribution is -2.35. The van der Waals surface area contributed by atoms with Crippen LogP contribution < -0.4 is 5.32 Å². The van der Waals surface area contributed by atoms with E-state index < -0.39 is 0 Å². The van der Waals surface area contributed by atoms with E-state index >= 15 is 0 Å². The quantitative estimate of drug-likeness (QED) is 0.910. The fourth-order valence-corrected chi connectivity index (χ4v) is 3.52. The number of ether oxygens (including phenoxy) is 1. The summed E-state index contributed by atoms with van der Waals surface area (Å²) in [6.07, 6.45) is 2.28. The van der Waals surface area contributed by atoms with E-state index in [4.69, 9.17) is 9.72 Å². The van der Waals surface area contributed by atoms with E-state index in [2.05, 4.69) is 33.0 Å². The van der Waals surface area contributed by atoms with Crippen LogP contribution in [0.3, 0.4) is 0 Å². The van der Waals surface area contributed by atoms with Gasteiger partial charge >= 0.3 is 0 Å². The Morgan fingerprint density at radius 1 is 1.28 bits per heavy atom. The number of thiazole rings is 1. The molecule has 102 valence electrons. The lowest BCUT2D eigenvalue weighted by Gasteiger charge is -2.31. The van der Waals surface area contributed by atoms with Gasteiger partial charge in [0.2, 0.25) is 0 Å². The molecular weight excluding hydrogens is 244 g/mol. The first kappa shape index (κ1) is 14.0. The topological polar surface area (TPSA) is 34.2 Å². The van der Waals surface area contributed by atoms with Crippen LogP contribution in [-0.4, -0.2) is 24.2 Å². The second-order valence-electron chi connectivity index (χ2n) is 5.44. The van der Waals surface area contributed by atoms with Crippen molar-refractivity contribution in [3.63, 3.8) is 0 Å². The summed E-state index contributed by atoms with van der Waals surface area (Å²) in [5.41, 5.74) is 1.18. The van der Waals surface area contributed by atoms with Crippen LogP contribution in [0.15, 0.2) is 0 Å². The molecule has 0 radical (unpaired) electrons. The highest BCUT2D eigenvalue weighted by atomic mass is 32.1. The SMILES string of the molecule is Cc1nc(C(NC(C)C)C2CCOCC2)sc1C. The molecule has 3 nitrogen and oxygen atoms in total. The van der Waals surface area contributed by atoms with Crippen molar-refractivity contribution in [1.82, 2.24) is 10.3 Å². The molecule has 1 aromatic heterocycles. The predicted octanol–water partition coefficient (Wildman–Crippen LogP) is 3.23. The first-order valence-corrected chi connectivity index (χ1v) is 7.67. The molecule has 0 bridgehead atoms. The van der Waals surface area contributed by atoms with Crippen molar-refractivity contribution in [3.05, 3.63) is 15.6 Å². The maximum atomic E-state index is 5.47. The van der Waals surface area contributed by atoms with E-state index in [0.29, 0.717) is 18.0 Å². The van der Waals surface area contributed by atoms with Gasteiger partial charge in [0.25, 0.3) is 0 Å². The third kappa shape index (κ3) is 3.31. The molecule has 2 rings (SSSR count). The Morgan fingerprint density at radius 2 is 1.94 bits per heavy atom. The minimum atomic E-state index is 0.395. The molecule has 1 atom stereocenters. The highest BCUT2D eigenvalue weighted by molar-refractivity contribution is 7.11. The largest absolute Gasteiger partial charge is 0.381 e. The van der Waals surface area contributed by atoms with E-state index in [9.17, 15) is 0 Å². The molecule has 1 saturated heterocycles. The predicted molar refractivity (Wildman–Crippen MR) is 76.1 cm³/mol. The summed E-state index contributed by atoms with van der Waals surface area (Å²) in [6, 6.07) is 0.883. The van der Waals surface area contributed by atoms with E-state index in [0.717, 1.165) is 26.1 Å². The second kappa shape index (κ2) is 6.13. The van der Waals surface area contributed by atoms with Gasteiger partial charge in [0, 0.05) is 24.1 Å². The van der Waals surface area contributed by atoms with Gasteiger partial charge in [-0.15, -0.1) is 11.3 Å². The van der Waals surface area contributed by atoms with E-state index in [1.165, 1.54) is 15.6 Å². The fourth-order valence-electron chi connectivity index (χ4n) is 2.45. The summed E-state index contributed by atoms with van der Waals surface area (Å²) in [5.74, 6) is 0.658. The molecule has 0 aromatic carbocycles. The van der Waals surface area contributed by atoms with E-state index in [1.54, 1.807) is 0 Å². The van der Waals surface area contributed by atoms with Crippen LogP contribution in [0, 0.1) is 19.8 Å². The molecule has 0 spiro atoms. The van der Waals surface area contributed by atoms with Crippen LogP contribution >= 0.6 is 11.3 Å². The smallest absolute Gasteiger partial charge is 0.110 e. The van der Waals surface area contributed by atoms with Gasteiger partial charge in [-0.05, 0) is 32.6 Å². The van der Waals surface area contributed by atoms with Crippen LogP contribution in [0.2, 0.25) is 0 Å². The Labute approximate surface area is 114 Å². The number of aromatic nitrogens is 1. The number of rotatable bonds is 4. The number of hydrogen-bond acceptors (Lipinski definition) is 4. The van der Waals surface area contributed by atoms with Gasteiger partial charge in [0.15, 0.2) is 0 Å². The molecule has 4 heteroatoms. The number of aryl methyl sites for hydroxylation is 2. The summed E-state index contributed by atoms with van der Waals surface area (Å²) in [7, 11) is 0. The molecule has 1 N–H and O–H groups in total. The highest BCUT2D eigenvalue weighted by Gasteiger charge is 2.28. The van der Waals surface area contributed by atoms with Gasteiger partial charge in [-0.2, -0.15) is 0 Å². The average Bonchev–Trinajstić information content (AvgIpc) is 2.67. The van der Waals surface area contributed by atoms with Gasteiger partial charge in [-0.25, -0.2) is 4.98 Å². The Bertz CT molecular complexity index is 364. The van der Waals surface area contributed by atoms with Gasteiger partial charge in [-0.3, -0.25) is 0 Å². The number of hydrogen-bond donors (Lipinski definition) is 1. The zero-order valence-electron chi connectivity index (χ0n) is 11.8. The van der Waals surface area contributed by atoms with Crippen molar-refractivity contribution in [2.75, 3.05) is 13.2 Å². The van der Waals surface area contributed by atoms with Crippen LogP contribution in [0.25, 0.3) is 0 Å². The minimum absolute atomic E-state index is 0.395. The molecule has 18 heavy (non-hydrogen) atoms. The third-order valence-corrected chi connectivity index (χ3v) is 4.72. The standard InChI is InChI=1S/C14H24N2OS/c1-9(2)15-13(12-5-7-17-8-6-12)14-16-10(3)11(4)18-14/h9,12-13,15H,5-8H2,1-4H3. The van der Waals surface area contributed by atoms with Crippen molar-refractivity contribution in [1.29, 1.82) is 0 Å². The minimum Gasteiger partial charge on any atom is -0.381 e. The van der Waals surface area contributed by atoms with Crippen molar-refractivity contribution < 1.29 is 4.74 Å². The maximum Gasteiger partial charge on any atom is 0.110 e. The molecule has 1 fully saturated rings. The lowest BCUT2D eigenvalue weighted by atomic mass is 9.91. The number of nitrogens with zero attached hydrogens (tertiary/aromatic N) is 1. The summed E-state index contributed by atoms with van der Waals surface area (Å²) in [6.45, 7) is 10.5. The number of nitrogens with one attached hydrogen (secondary N) is 1. The van der Waals surface area contributed by atoms with Crippen molar-refractivity contribution in [2.24, 2.45) is 5.92 Å². The van der Waals surface area contributed by atoms with Crippen LogP contribution in [0.4, 0.5) is 0 Å². The third-order valence-electron chi connectivity index (χ3n) is 3.56. The maximum absolute atomic E-state index is 5.47. The molecule has 1 unspecified atom stereocenters. The van der Waals surface area contributed by atoms with Crippen molar-refractivity contribution >= 4 is 11.3 Å². The molecule has 1 aliphatic heterocycles. The van der Waals surface area contributed by atoms with Crippen LogP contribution in [-0.2, 0) is 4.74 Å². The molecular formula is C14H24N2OS. The highest BCUT2D eigenvalue weighted by Crippen LogP contribution is 2.33. The van der Waals surface area contributed by atoms with Crippen molar-refractivity contribution in [2.45, 2.75) is 52.6 Å².